The highest BCUT2D eigenvalue weighted by Crippen LogP contribution is 2.22. The molecule has 2 nitrogen and oxygen atoms in total. The molecule has 15 heavy (non-hydrogen) atoms. The summed E-state index contributed by atoms with van der Waals surface area (Å²) >= 11 is 1.59. The maximum absolute atomic E-state index is 11.6. The van der Waals surface area contributed by atoms with Crippen LogP contribution in [0.1, 0.15) is 20.3 Å². The second kappa shape index (κ2) is 6.51. The van der Waals surface area contributed by atoms with Gasteiger partial charge < -0.3 is 5.32 Å². The van der Waals surface area contributed by atoms with Crippen molar-refractivity contribution in [3.05, 3.63) is 30.3 Å². The van der Waals surface area contributed by atoms with Crippen molar-refractivity contribution >= 4 is 17.7 Å². The van der Waals surface area contributed by atoms with Crippen LogP contribution in [0.25, 0.3) is 0 Å². The average Bonchev–Trinajstić information content (AvgIpc) is 2.27. The Bertz CT molecular complexity index is 300. The fourth-order valence-corrected chi connectivity index (χ4v) is 2.06. The van der Waals surface area contributed by atoms with E-state index in [4.69, 9.17) is 0 Å². The van der Waals surface area contributed by atoms with Crippen LogP contribution in [0.2, 0.25) is 0 Å². The summed E-state index contributed by atoms with van der Waals surface area (Å²) in [5.74, 6) is 0.116. The zero-order valence-electron chi connectivity index (χ0n) is 9.19. The molecular weight excluding hydrogens is 206 g/mol. The molecule has 0 heterocycles. The van der Waals surface area contributed by atoms with Crippen molar-refractivity contribution in [3.63, 3.8) is 0 Å². The second-order valence-electron chi connectivity index (χ2n) is 3.36. The van der Waals surface area contributed by atoms with Crippen LogP contribution in [-0.2, 0) is 4.79 Å². The molecule has 0 aliphatic carbocycles. The average molecular weight is 223 g/mol. The van der Waals surface area contributed by atoms with Gasteiger partial charge in [0.15, 0.2) is 0 Å². The van der Waals surface area contributed by atoms with E-state index in [1.165, 1.54) is 0 Å². The van der Waals surface area contributed by atoms with Gasteiger partial charge in [0.25, 0.3) is 0 Å². The van der Waals surface area contributed by atoms with E-state index in [0.717, 1.165) is 17.9 Å². The summed E-state index contributed by atoms with van der Waals surface area (Å²) in [6, 6.07) is 9.99. The van der Waals surface area contributed by atoms with E-state index in [9.17, 15) is 4.79 Å². The first-order valence-corrected chi connectivity index (χ1v) is 6.11. The predicted molar refractivity (Wildman–Crippen MR) is 65.1 cm³/mol. The second-order valence-corrected chi connectivity index (χ2v) is 4.78. The van der Waals surface area contributed by atoms with E-state index >= 15 is 0 Å². The Morgan fingerprint density at radius 1 is 1.40 bits per heavy atom. The SMILES string of the molecule is CCCNC(=O)C(C)Sc1ccccc1. The third-order valence-corrected chi connectivity index (χ3v) is 3.09. The maximum Gasteiger partial charge on any atom is 0.233 e. The number of benzene rings is 1. The molecule has 1 amide bonds. The standard InChI is InChI=1S/C12H17NOS/c1-3-9-13-12(14)10(2)15-11-7-5-4-6-8-11/h4-8,10H,3,9H2,1-2H3,(H,13,14). The largest absolute Gasteiger partial charge is 0.355 e. The number of thioether (sulfide) groups is 1. The molecule has 0 aliphatic rings. The van der Waals surface area contributed by atoms with Crippen molar-refractivity contribution < 1.29 is 4.79 Å². The van der Waals surface area contributed by atoms with Gasteiger partial charge in [-0.3, -0.25) is 4.79 Å². The van der Waals surface area contributed by atoms with E-state index in [0.29, 0.717) is 0 Å². The van der Waals surface area contributed by atoms with Gasteiger partial charge in [-0.05, 0) is 25.5 Å². The lowest BCUT2D eigenvalue weighted by Crippen LogP contribution is -2.31. The minimum absolute atomic E-state index is 0.0288. The summed E-state index contributed by atoms with van der Waals surface area (Å²) in [5, 5.41) is 2.86. The van der Waals surface area contributed by atoms with Gasteiger partial charge in [0.2, 0.25) is 5.91 Å². The Morgan fingerprint density at radius 3 is 2.67 bits per heavy atom. The summed E-state index contributed by atoms with van der Waals surface area (Å²) in [4.78, 5) is 12.7. The topological polar surface area (TPSA) is 29.1 Å². The van der Waals surface area contributed by atoms with Crippen LogP contribution < -0.4 is 5.32 Å². The van der Waals surface area contributed by atoms with Crippen LogP contribution in [0, 0.1) is 0 Å². The number of hydrogen-bond donors (Lipinski definition) is 1. The fraction of sp³-hybridized carbons (Fsp3) is 0.417. The van der Waals surface area contributed by atoms with Gasteiger partial charge in [0.1, 0.15) is 0 Å². The zero-order chi connectivity index (χ0) is 11.1. The molecule has 1 atom stereocenters. The third kappa shape index (κ3) is 4.38. The van der Waals surface area contributed by atoms with Gasteiger partial charge in [0.05, 0.1) is 5.25 Å². The number of carbonyl (C=O) groups excluding carboxylic acids is 1. The van der Waals surface area contributed by atoms with Crippen LogP contribution >= 0.6 is 11.8 Å². The lowest BCUT2D eigenvalue weighted by atomic mass is 10.4. The summed E-state index contributed by atoms with van der Waals surface area (Å²) in [6.45, 7) is 4.75. The summed E-state index contributed by atoms with van der Waals surface area (Å²) in [5.41, 5.74) is 0. The van der Waals surface area contributed by atoms with Crippen molar-refractivity contribution in [1.82, 2.24) is 5.32 Å². The normalized spacial score (nSPS) is 12.1. The molecule has 1 rings (SSSR count). The molecule has 3 heteroatoms. The first-order valence-electron chi connectivity index (χ1n) is 5.23. The Balaban J connectivity index is 2.41. The predicted octanol–water partition coefficient (Wildman–Crippen LogP) is 2.69. The fourth-order valence-electron chi connectivity index (χ4n) is 1.15. The Morgan fingerprint density at radius 2 is 2.07 bits per heavy atom. The molecule has 1 aromatic rings. The summed E-state index contributed by atoms with van der Waals surface area (Å²) < 4.78 is 0. The molecule has 1 N–H and O–H groups in total. The summed E-state index contributed by atoms with van der Waals surface area (Å²) in [7, 11) is 0. The van der Waals surface area contributed by atoms with Gasteiger partial charge in [-0.1, -0.05) is 25.1 Å². The zero-order valence-corrected chi connectivity index (χ0v) is 10.0. The van der Waals surface area contributed by atoms with E-state index in [1.807, 2.05) is 37.3 Å². The maximum atomic E-state index is 11.6. The van der Waals surface area contributed by atoms with Crippen molar-refractivity contribution in [2.75, 3.05) is 6.54 Å². The van der Waals surface area contributed by atoms with E-state index in [2.05, 4.69) is 12.2 Å². The Kier molecular flexibility index (Phi) is 5.26. The van der Waals surface area contributed by atoms with Gasteiger partial charge in [-0.25, -0.2) is 0 Å². The molecule has 0 spiro atoms. The van der Waals surface area contributed by atoms with Crippen LogP contribution in [0.3, 0.4) is 0 Å². The molecule has 0 saturated carbocycles. The molecule has 1 unspecified atom stereocenters. The lowest BCUT2D eigenvalue weighted by Gasteiger charge is -2.11. The number of amides is 1. The molecule has 0 radical (unpaired) electrons. The first-order chi connectivity index (χ1) is 7.24. The number of rotatable bonds is 5. The van der Waals surface area contributed by atoms with Gasteiger partial charge in [0, 0.05) is 11.4 Å². The van der Waals surface area contributed by atoms with Crippen LogP contribution in [-0.4, -0.2) is 17.7 Å². The molecule has 0 saturated heterocycles. The van der Waals surface area contributed by atoms with Gasteiger partial charge in [-0.2, -0.15) is 0 Å². The Labute approximate surface area is 95.5 Å². The minimum atomic E-state index is -0.0288. The third-order valence-electron chi connectivity index (χ3n) is 1.97. The minimum Gasteiger partial charge on any atom is -0.355 e. The highest BCUT2D eigenvalue weighted by molar-refractivity contribution is 8.00. The highest BCUT2D eigenvalue weighted by Gasteiger charge is 2.12. The van der Waals surface area contributed by atoms with Crippen LogP contribution in [0.15, 0.2) is 35.2 Å². The van der Waals surface area contributed by atoms with E-state index in [1.54, 1.807) is 11.8 Å². The van der Waals surface area contributed by atoms with E-state index in [-0.39, 0.29) is 11.2 Å². The van der Waals surface area contributed by atoms with Crippen LogP contribution in [0.4, 0.5) is 0 Å². The number of hydrogen-bond acceptors (Lipinski definition) is 2. The van der Waals surface area contributed by atoms with Gasteiger partial charge in [-0.15, -0.1) is 11.8 Å². The van der Waals surface area contributed by atoms with Crippen molar-refractivity contribution in [3.8, 4) is 0 Å². The number of carbonyl (C=O) groups is 1. The first kappa shape index (κ1) is 12.1. The summed E-state index contributed by atoms with van der Waals surface area (Å²) in [6.07, 6.45) is 0.981. The molecule has 0 bridgehead atoms. The Hall–Kier alpha value is -0.960. The monoisotopic (exact) mass is 223 g/mol. The molecular formula is C12H17NOS. The van der Waals surface area contributed by atoms with E-state index < -0.39 is 0 Å². The lowest BCUT2D eigenvalue weighted by molar-refractivity contribution is -0.120. The van der Waals surface area contributed by atoms with Crippen LogP contribution in [0.5, 0.6) is 0 Å². The molecule has 0 aliphatic heterocycles. The van der Waals surface area contributed by atoms with Crippen molar-refractivity contribution in [2.45, 2.75) is 30.4 Å². The smallest absolute Gasteiger partial charge is 0.233 e. The molecule has 0 fully saturated rings. The van der Waals surface area contributed by atoms with Gasteiger partial charge >= 0.3 is 0 Å². The quantitative estimate of drug-likeness (QED) is 0.778. The molecule has 0 aromatic heterocycles. The highest BCUT2D eigenvalue weighted by atomic mass is 32.2. The molecule has 82 valence electrons. The number of nitrogens with one attached hydrogen (secondary N) is 1. The van der Waals surface area contributed by atoms with Crippen molar-refractivity contribution in [2.24, 2.45) is 0 Å². The van der Waals surface area contributed by atoms with Crippen molar-refractivity contribution in [1.29, 1.82) is 0 Å². The molecule has 1 aromatic carbocycles.